The third-order valence-electron chi connectivity index (χ3n) is 6.09. The maximum absolute atomic E-state index is 14.9. The molecule has 0 spiro atoms. The molecular weight excluding hydrogens is 350 g/mol. The van der Waals surface area contributed by atoms with Crippen molar-refractivity contribution in [1.29, 1.82) is 0 Å². The first-order chi connectivity index (χ1) is 13.6. The minimum atomic E-state index is -0.670. The topological polar surface area (TPSA) is 0 Å². The second kappa shape index (κ2) is 10.0. The van der Waals surface area contributed by atoms with Gasteiger partial charge in [0.1, 0.15) is 5.83 Å². The van der Waals surface area contributed by atoms with Gasteiger partial charge in [-0.05, 0) is 80.2 Å². The minimum Gasteiger partial charge on any atom is -0.208 e. The van der Waals surface area contributed by atoms with Crippen LogP contribution < -0.4 is 0 Å². The Morgan fingerprint density at radius 1 is 1.00 bits per heavy atom. The fraction of sp³-hybridized carbons (Fsp3) is 0.462. The Bertz CT molecular complexity index is 839. The van der Waals surface area contributed by atoms with Crippen molar-refractivity contribution in [2.24, 2.45) is 11.8 Å². The average Bonchev–Trinajstić information content (AvgIpc) is 2.73. The molecule has 0 N–H and O–H groups in total. The highest BCUT2D eigenvalue weighted by Crippen LogP contribution is 2.39. The summed E-state index contributed by atoms with van der Waals surface area (Å²) in [5, 5.41) is 2.05. The molecule has 2 heteroatoms. The van der Waals surface area contributed by atoms with E-state index in [1.54, 1.807) is 12.1 Å². The normalized spacial score (nSPS) is 21.3. The molecule has 2 aromatic carbocycles. The fourth-order valence-electron chi connectivity index (χ4n) is 4.40. The summed E-state index contributed by atoms with van der Waals surface area (Å²) >= 11 is 0. The van der Waals surface area contributed by atoms with Crippen molar-refractivity contribution >= 4 is 16.6 Å². The SMILES string of the molecule is C/C=C/CCC1CCC(C(F)=C(F)c2ccc3cc(CCC)ccc3c2)CC1. The lowest BCUT2D eigenvalue weighted by molar-refractivity contribution is 0.263. The number of benzene rings is 2. The van der Waals surface area contributed by atoms with E-state index in [0.29, 0.717) is 11.5 Å². The van der Waals surface area contributed by atoms with Crippen LogP contribution in [-0.2, 0) is 6.42 Å². The van der Waals surface area contributed by atoms with Gasteiger partial charge in [0.15, 0.2) is 5.83 Å². The number of fused-ring (bicyclic) bond motifs is 1. The average molecular weight is 383 g/mol. The van der Waals surface area contributed by atoms with E-state index >= 15 is 0 Å². The first-order valence-corrected chi connectivity index (χ1v) is 10.8. The van der Waals surface area contributed by atoms with Crippen molar-refractivity contribution in [2.45, 2.75) is 65.2 Å². The van der Waals surface area contributed by atoms with E-state index in [4.69, 9.17) is 0 Å². The van der Waals surface area contributed by atoms with Gasteiger partial charge in [-0.15, -0.1) is 0 Å². The molecule has 0 radical (unpaired) electrons. The smallest absolute Gasteiger partial charge is 0.162 e. The lowest BCUT2D eigenvalue weighted by Gasteiger charge is -2.27. The largest absolute Gasteiger partial charge is 0.208 e. The van der Waals surface area contributed by atoms with Crippen LogP contribution in [-0.4, -0.2) is 0 Å². The highest BCUT2D eigenvalue weighted by atomic mass is 19.2. The van der Waals surface area contributed by atoms with E-state index in [1.165, 1.54) is 5.56 Å². The summed E-state index contributed by atoms with van der Waals surface area (Å²) in [7, 11) is 0. The van der Waals surface area contributed by atoms with Gasteiger partial charge in [0.25, 0.3) is 0 Å². The number of hydrogen-bond acceptors (Lipinski definition) is 0. The molecule has 1 aliphatic carbocycles. The van der Waals surface area contributed by atoms with E-state index < -0.39 is 11.7 Å². The van der Waals surface area contributed by atoms with E-state index in [2.05, 4.69) is 31.2 Å². The van der Waals surface area contributed by atoms with Gasteiger partial charge in [-0.25, -0.2) is 8.78 Å². The molecular formula is C26H32F2. The Labute approximate surface area is 168 Å². The summed E-state index contributed by atoms with van der Waals surface area (Å²) in [6.45, 7) is 4.20. The Balaban J connectivity index is 1.70. The maximum atomic E-state index is 14.9. The number of rotatable bonds is 7. The Kier molecular flexibility index (Phi) is 7.42. The zero-order valence-corrected chi connectivity index (χ0v) is 17.2. The molecule has 0 bridgehead atoms. The van der Waals surface area contributed by atoms with Crippen molar-refractivity contribution in [3.8, 4) is 0 Å². The second-order valence-electron chi connectivity index (χ2n) is 8.17. The minimum absolute atomic E-state index is 0.263. The monoisotopic (exact) mass is 382 g/mol. The van der Waals surface area contributed by atoms with Gasteiger partial charge in [-0.1, -0.05) is 55.8 Å². The van der Waals surface area contributed by atoms with Crippen LogP contribution in [0.25, 0.3) is 16.6 Å². The molecule has 0 heterocycles. The second-order valence-corrected chi connectivity index (χ2v) is 8.17. The van der Waals surface area contributed by atoms with Crippen molar-refractivity contribution in [3.63, 3.8) is 0 Å². The lowest BCUT2D eigenvalue weighted by atomic mass is 9.79. The number of halogens is 2. The summed E-state index contributed by atoms with van der Waals surface area (Å²) < 4.78 is 29.7. The van der Waals surface area contributed by atoms with Crippen molar-refractivity contribution < 1.29 is 8.78 Å². The van der Waals surface area contributed by atoms with Crippen molar-refractivity contribution in [3.05, 3.63) is 65.5 Å². The highest BCUT2D eigenvalue weighted by Gasteiger charge is 2.26. The van der Waals surface area contributed by atoms with Crippen LogP contribution in [0.4, 0.5) is 8.78 Å². The van der Waals surface area contributed by atoms with Crippen LogP contribution >= 0.6 is 0 Å². The molecule has 1 saturated carbocycles. The molecule has 0 saturated heterocycles. The predicted molar refractivity (Wildman–Crippen MR) is 117 cm³/mol. The number of hydrogen-bond donors (Lipinski definition) is 0. The van der Waals surface area contributed by atoms with Gasteiger partial charge in [0.05, 0.1) is 0 Å². The molecule has 0 unspecified atom stereocenters. The van der Waals surface area contributed by atoms with Crippen molar-refractivity contribution in [2.75, 3.05) is 0 Å². The van der Waals surface area contributed by atoms with Gasteiger partial charge >= 0.3 is 0 Å². The van der Waals surface area contributed by atoms with Crippen LogP contribution in [0.5, 0.6) is 0 Å². The summed E-state index contributed by atoms with van der Waals surface area (Å²) in [6, 6.07) is 11.7. The molecule has 0 amide bonds. The van der Waals surface area contributed by atoms with E-state index in [9.17, 15) is 8.78 Å². The quantitative estimate of drug-likeness (QED) is 0.421. The predicted octanol–water partition coefficient (Wildman–Crippen LogP) is 8.56. The first-order valence-electron chi connectivity index (χ1n) is 10.8. The van der Waals surface area contributed by atoms with Crippen LogP contribution in [0.3, 0.4) is 0 Å². The Hall–Kier alpha value is -1.96. The fourth-order valence-corrected chi connectivity index (χ4v) is 4.40. The zero-order chi connectivity index (χ0) is 19.9. The van der Waals surface area contributed by atoms with E-state index in [-0.39, 0.29) is 5.92 Å². The molecule has 28 heavy (non-hydrogen) atoms. The molecule has 2 aromatic rings. The van der Waals surface area contributed by atoms with Gasteiger partial charge in [-0.3, -0.25) is 0 Å². The zero-order valence-electron chi connectivity index (χ0n) is 17.2. The highest BCUT2D eigenvalue weighted by molar-refractivity contribution is 5.86. The van der Waals surface area contributed by atoms with Gasteiger partial charge in [0, 0.05) is 11.5 Å². The van der Waals surface area contributed by atoms with E-state index in [1.807, 2.05) is 19.1 Å². The third kappa shape index (κ3) is 5.10. The molecule has 0 atom stereocenters. The summed E-state index contributed by atoms with van der Waals surface area (Å²) in [5.74, 6) is -0.826. The van der Waals surface area contributed by atoms with E-state index in [0.717, 1.165) is 62.1 Å². The Morgan fingerprint density at radius 2 is 1.71 bits per heavy atom. The summed E-state index contributed by atoms with van der Waals surface area (Å²) in [6.07, 6.45) is 12.2. The van der Waals surface area contributed by atoms with Crippen LogP contribution in [0.1, 0.15) is 69.9 Å². The molecule has 0 nitrogen and oxygen atoms in total. The third-order valence-corrected chi connectivity index (χ3v) is 6.09. The maximum Gasteiger partial charge on any atom is 0.162 e. The van der Waals surface area contributed by atoms with Gasteiger partial charge in [-0.2, -0.15) is 0 Å². The standard InChI is InChI=1S/C26H32F2/c1-3-5-6-8-19-9-12-21(13-10-19)25(27)26(28)24-16-15-22-17-20(7-4-2)11-14-23(22)18-24/h3,5,11,14-19,21H,4,6-10,12-13H2,1-2H3/b5-3+,26-25?. The molecule has 150 valence electrons. The Morgan fingerprint density at radius 3 is 2.43 bits per heavy atom. The summed E-state index contributed by atoms with van der Waals surface area (Å²) in [4.78, 5) is 0. The first kappa shape index (κ1) is 20.8. The van der Waals surface area contributed by atoms with Crippen LogP contribution in [0, 0.1) is 11.8 Å². The lowest BCUT2D eigenvalue weighted by Crippen LogP contribution is -2.15. The van der Waals surface area contributed by atoms with Gasteiger partial charge < -0.3 is 0 Å². The molecule has 0 aliphatic heterocycles. The number of allylic oxidation sites excluding steroid dienone is 3. The molecule has 1 fully saturated rings. The molecule has 3 rings (SSSR count). The van der Waals surface area contributed by atoms with Gasteiger partial charge in [0.2, 0.25) is 0 Å². The van der Waals surface area contributed by atoms with Crippen molar-refractivity contribution in [1.82, 2.24) is 0 Å². The van der Waals surface area contributed by atoms with Crippen LogP contribution in [0.15, 0.2) is 54.4 Å². The van der Waals surface area contributed by atoms with Crippen LogP contribution in [0.2, 0.25) is 0 Å². The number of aryl methyl sites for hydroxylation is 1. The molecule has 0 aromatic heterocycles. The summed E-state index contributed by atoms with van der Waals surface area (Å²) in [5.41, 5.74) is 1.65. The molecule has 1 aliphatic rings.